The fourth-order valence-electron chi connectivity index (χ4n) is 2.39. The van der Waals surface area contributed by atoms with Crippen LogP contribution in [0.15, 0.2) is 42.5 Å². The van der Waals surface area contributed by atoms with Crippen molar-refractivity contribution < 1.29 is 18.7 Å². The smallest absolute Gasteiger partial charge is 0.340 e. The maximum absolute atomic E-state index is 13.0. The van der Waals surface area contributed by atoms with Gasteiger partial charge < -0.3 is 15.8 Å². The van der Waals surface area contributed by atoms with Gasteiger partial charge in [-0.1, -0.05) is 38.1 Å². The van der Waals surface area contributed by atoms with Gasteiger partial charge in [0.25, 0.3) is 5.91 Å². The van der Waals surface area contributed by atoms with Crippen molar-refractivity contribution >= 4 is 17.6 Å². The Hall–Kier alpha value is -2.89. The van der Waals surface area contributed by atoms with Gasteiger partial charge in [-0.15, -0.1) is 0 Å². The fourth-order valence-corrected chi connectivity index (χ4v) is 2.39. The Morgan fingerprint density at radius 3 is 2.46 bits per heavy atom. The van der Waals surface area contributed by atoms with Gasteiger partial charge in [0.05, 0.1) is 5.56 Å². The minimum atomic E-state index is -0.762. The zero-order valence-corrected chi connectivity index (χ0v) is 14.9. The second-order valence-corrected chi connectivity index (χ2v) is 6.30. The van der Waals surface area contributed by atoms with E-state index < -0.39 is 24.3 Å². The second kappa shape index (κ2) is 8.99. The normalized spacial score (nSPS) is 10.6. The molecule has 0 saturated carbocycles. The van der Waals surface area contributed by atoms with Crippen LogP contribution in [-0.2, 0) is 16.0 Å². The quantitative estimate of drug-likeness (QED) is 0.589. The third kappa shape index (κ3) is 5.58. The Labute approximate surface area is 152 Å². The van der Waals surface area contributed by atoms with Gasteiger partial charge in [-0.05, 0) is 41.7 Å². The predicted octanol–water partition coefficient (Wildman–Crippen LogP) is 3.05. The number of nitrogen functional groups attached to an aromatic ring is 1. The lowest BCUT2D eigenvalue weighted by Gasteiger charge is -2.09. The Morgan fingerprint density at radius 1 is 1.15 bits per heavy atom. The summed E-state index contributed by atoms with van der Waals surface area (Å²) in [6.07, 6.45) is 0.684. The number of benzene rings is 2. The van der Waals surface area contributed by atoms with Crippen LogP contribution in [0.3, 0.4) is 0 Å². The lowest BCUT2D eigenvalue weighted by atomic mass is 10.0. The van der Waals surface area contributed by atoms with Crippen molar-refractivity contribution in [2.24, 2.45) is 0 Å². The van der Waals surface area contributed by atoms with E-state index in [1.807, 2.05) is 12.1 Å². The highest BCUT2D eigenvalue weighted by Gasteiger charge is 2.13. The standard InChI is InChI=1S/C20H23FN2O3/c1-13(2)15-5-3-14(4-6-15)9-10-23-19(24)12-26-20(25)17-8-7-16(21)11-18(17)22/h3-8,11,13H,9-10,12,22H2,1-2H3,(H,23,24). The minimum absolute atomic E-state index is 0.0275. The molecule has 26 heavy (non-hydrogen) atoms. The summed E-state index contributed by atoms with van der Waals surface area (Å²) in [4.78, 5) is 23.6. The van der Waals surface area contributed by atoms with Gasteiger partial charge in [0.15, 0.2) is 6.61 Å². The van der Waals surface area contributed by atoms with Crippen molar-refractivity contribution in [3.8, 4) is 0 Å². The number of carbonyl (C=O) groups is 2. The zero-order chi connectivity index (χ0) is 19.1. The van der Waals surface area contributed by atoms with Crippen molar-refractivity contribution in [2.75, 3.05) is 18.9 Å². The number of hydrogen-bond acceptors (Lipinski definition) is 4. The number of amides is 1. The average Bonchev–Trinajstić information content (AvgIpc) is 2.60. The lowest BCUT2D eigenvalue weighted by Crippen LogP contribution is -2.30. The summed E-state index contributed by atoms with van der Waals surface area (Å²) in [5.74, 6) is -1.23. The maximum Gasteiger partial charge on any atom is 0.340 e. The van der Waals surface area contributed by atoms with Gasteiger partial charge in [0.1, 0.15) is 5.82 Å². The molecular weight excluding hydrogens is 335 g/mol. The number of anilines is 1. The van der Waals surface area contributed by atoms with Crippen LogP contribution in [0.4, 0.5) is 10.1 Å². The molecule has 0 aliphatic rings. The number of esters is 1. The van der Waals surface area contributed by atoms with Crippen molar-refractivity contribution in [3.63, 3.8) is 0 Å². The third-order valence-corrected chi connectivity index (χ3v) is 3.95. The molecule has 0 aromatic heterocycles. The van der Waals surface area contributed by atoms with Crippen LogP contribution >= 0.6 is 0 Å². The molecule has 0 heterocycles. The number of ether oxygens (including phenoxy) is 1. The molecule has 6 heteroatoms. The summed E-state index contributed by atoms with van der Waals surface area (Å²) >= 11 is 0. The van der Waals surface area contributed by atoms with Gasteiger partial charge in [0, 0.05) is 12.2 Å². The molecule has 1 amide bonds. The van der Waals surface area contributed by atoms with Crippen LogP contribution in [-0.4, -0.2) is 25.0 Å². The van der Waals surface area contributed by atoms with Crippen LogP contribution < -0.4 is 11.1 Å². The Balaban J connectivity index is 1.74. The van der Waals surface area contributed by atoms with Crippen LogP contribution in [0.5, 0.6) is 0 Å². The molecule has 0 radical (unpaired) electrons. The highest BCUT2D eigenvalue weighted by Crippen LogP contribution is 2.15. The second-order valence-electron chi connectivity index (χ2n) is 6.30. The van der Waals surface area contributed by atoms with Gasteiger partial charge in [0.2, 0.25) is 0 Å². The Bertz CT molecular complexity index is 773. The summed E-state index contributed by atoms with van der Waals surface area (Å²) < 4.78 is 17.9. The first-order chi connectivity index (χ1) is 12.4. The van der Waals surface area contributed by atoms with Crippen molar-refractivity contribution in [2.45, 2.75) is 26.2 Å². The van der Waals surface area contributed by atoms with E-state index in [1.54, 1.807) is 0 Å². The number of rotatable bonds is 7. The van der Waals surface area contributed by atoms with Gasteiger partial charge in [-0.3, -0.25) is 4.79 Å². The molecule has 2 aromatic rings. The first-order valence-electron chi connectivity index (χ1n) is 8.44. The molecule has 5 nitrogen and oxygen atoms in total. The summed E-state index contributed by atoms with van der Waals surface area (Å²) in [7, 11) is 0. The number of halogens is 1. The molecule has 2 aromatic carbocycles. The third-order valence-electron chi connectivity index (χ3n) is 3.95. The van der Waals surface area contributed by atoms with Crippen LogP contribution in [0, 0.1) is 5.82 Å². The Kier molecular flexibility index (Phi) is 6.72. The number of carbonyl (C=O) groups excluding carboxylic acids is 2. The van der Waals surface area contributed by atoms with E-state index in [4.69, 9.17) is 10.5 Å². The molecular formula is C20H23FN2O3. The van der Waals surface area contributed by atoms with Gasteiger partial charge in [-0.2, -0.15) is 0 Å². The molecule has 138 valence electrons. The maximum atomic E-state index is 13.0. The Morgan fingerprint density at radius 2 is 1.85 bits per heavy atom. The van der Waals surface area contributed by atoms with Crippen LogP contribution in [0.1, 0.15) is 41.3 Å². The summed E-state index contributed by atoms with van der Waals surface area (Å²) in [5.41, 5.74) is 7.95. The van der Waals surface area contributed by atoms with E-state index in [9.17, 15) is 14.0 Å². The molecule has 0 saturated heterocycles. The molecule has 0 bridgehead atoms. The first kappa shape index (κ1) is 19.4. The molecule has 0 unspecified atom stereocenters. The molecule has 0 fully saturated rings. The highest BCUT2D eigenvalue weighted by molar-refractivity contribution is 5.96. The van der Waals surface area contributed by atoms with E-state index in [0.29, 0.717) is 18.9 Å². The molecule has 0 atom stereocenters. The van der Waals surface area contributed by atoms with E-state index in [2.05, 4.69) is 31.3 Å². The van der Waals surface area contributed by atoms with E-state index in [-0.39, 0.29) is 11.3 Å². The van der Waals surface area contributed by atoms with Crippen molar-refractivity contribution in [1.82, 2.24) is 5.32 Å². The lowest BCUT2D eigenvalue weighted by molar-refractivity contribution is -0.124. The zero-order valence-electron chi connectivity index (χ0n) is 14.9. The first-order valence-corrected chi connectivity index (χ1v) is 8.44. The van der Waals surface area contributed by atoms with Gasteiger partial charge in [-0.25, -0.2) is 9.18 Å². The van der Waals surface area contributed by atoms with Crippen LogP contribution in [0.25, 0.3) is 0 Å². The predicted molar refractivity (Wildman–Crippen MR) is 98.3 cm³/mol. The number of hydrogen-bond donors (Lipinski definition) is 2. The summed E-state index contributed by atoms with van der Waals surface area (Å²) in [5, 5.41) is 2.69. The average molecular weight is 358 g/mol. The van der Waals surface area contributed by atoms with Crippen molar-refractivity contribution in [1.29, 1.82) is 0 Å². The molecule has 3 N–H and O–H groups in total. The largest absolute Gasteiger partial charge is 0.452 e. The SMILES string of the molecule is CC(C)c1ccc(CCNC(=O)COC(=O)c2ccc(F)cc2N)cc1. The molecule has 0 aliphatic heterocycles. The van der Waals surface area contributed by atoms with E-state index in [1.165, 1.54) is 11.6 Å². The fraction of sp³-hybridized carbons (Fsp3) is 0.300. The topological polar surface area (TPSA) is 81.4 Å². The van der Waals surface area contributed by atoms with Gasteiger partial charge >= 0.3 is 5.97 Å². The molecule has 0 aliphatic carbocycles. The number of nitrogens with two attached hydrogens (primary N) is 1. The molecule has 2 rings (SSSR count). The monoisotopic (exact) mass is 358 g/mol. The number of nitrogens with one attached hydrogen (secondary N) is 1. The summed E-state index contributed by atoms with van der Waals surface area (Å²) in [6.45, 7) is 4.30. The molecule has 0 spiro atoms. The minimum Gasteiger partial charge on any atom is -0.452 e. The van der Waals surface area contributed by atoms with Crippen LogP contribution in [0.2, 0.25) is 0 Å². The van der Waals surface area contributed by atoms with Crippen molar-refractivity contribution in [3.05, 3.63) is 65.0 Å². The van der Waals surface area contributed by atoms with E-state index in [0.717, 1.165) is 17.7 Å². The highest BCUT2D eigenvalue weighted by atomic mass is 19.1. The van der Waals surface area contributed by atoms with E-state index >= 15 is 0 Å². The summed E-state index contributed by atoms with van der Waals surface area (Å²) in [6, 6.07) is 11.6.